The minimum absolute atomic E-state index is 0.0848. The number of ketones is 1. The van der Waals surface area contributed by atoms with Crippen molar-refractivity contribution in [3.8, 4) is 0 Å². The second kappa shape index (κ2) is 6.78. The van der Waals surface area contributed by atoms with E-state index in [0.717, 1.165) is 11.0 Å². The van der Waals surface area contributed by atoms with Crippen molar-refractivity contribution in [3.05, 3.63) is 34.3 Å². The molecule has 1 aromatic carbocycles. The largest absolute Gasteiger partial charge is 0.395 e. The van der Waals surface area contributed by atoms with Crippen molar-refractivity contribution in [2.75, 3.05) is 26.2 Å². The van der Waals surface area contributed by atoms with Gasteiger partial charge in [-0.25, -0.2) is 0 Å². The van der Waals surface area contributed by atoms with Crippen LogP contribution in [0.4, 0.5) is 0 Å². The summed E-state index contributed by atoms with van der Waals surface area (Å²) in [5.41, 5.74) is 0.708. The molecule has 0 bridgehead atoms. The molecule has 0 unspecified atom stereocenters. The summed E-state index contributed by atoms with van der Waals surface area (Å²) in [4.78, 5) is 13.8. The molecular formula is C12H16BrNO2. The van der Waals surface area contributed by atoms with Gasteiger partial charge in [0, 0.05) is 16.6 Å². The Labute approximate surface area is 104 Å². The standard InChI is InChI=1S/C12H16BrNO2/c1-2-14(7-8-15)9-12(16)10-3-5-11(13)6-4-10/h3-6,15H,2,7-9H2,1H3. The third kappa shape index (κ3) is 4.04. The van der Waals surface area contributed by atoms with Crippen LogP contribution < -0.4 is 0 Å². The Hall–Kier alpha value is -0.710. The Morgan fingerprint density at radius 3 is 2.50 bits per heavy atom. The molecule has 1 aromatic rings. The van der Waals surface area contributed by atoms with Gasteiger partial charge in [0.25, 0.3) is 0 Å². The van der Waals surface area contributed by atoms with Crippen LogP contribution in [0.2, 0.25) is 0 Å². The number of Topliss-reactive ketones (excluding diaryl/α,β-unsaturated/α-hetero) is 1. The summed E-state index contributed by atoms with van der Waals surface area (Å²) in [5.74, 6) is 0.0859. The zero-order chi connectivity index (χ0) is 12.0. The molecule has 0 radical (unpaired) electrons. The zero-order valence-corrected chi connectivity index (χ0v) is 10.9. The van der Waals surface area contributed by atoms with Gasteiger partial charge in [-0.15, -0.1) is 0 Å². The number of aliphatic hydroxyl groups is 1. The van der Waals surface area contributed by atoms with Gasteiger partial charge in [0.05, 0.1) is 13.2 Å². The van der Waals surface area contributed by atoms with E-state index in [1.54, 1.807) is 12.1 Å². The zero-order valence-electron chi connectivity index (χ0n) is 9.32. The molecule has 3 nitrogen and oxygen atoms in total. The Bertz CT molecular complexity index is 337. The second-order valence-electron chi connectivity index (χ2n) is 3.52. The lowest BCUT2D eigenvalue weighted by atomic mass is 10.1. The SMILES string of the molecule is CCN(CCO)CC(=O)c1ccc(Br)cc1. The number of hydrogen-bond donors (Lipinski definition) is 1. The number of carbonyl (C=O) groups is 1. The molecular weight excluding hydrogens is 270 g/mol. The van der Waals surface area contributed by atoms with Crippen molar-refractivity contribution in [1.29, 1.82) is 0 Å². The summed E-state index contributed by atoms with van der Waals surface area (Å²) in [6.07, 6.45) is 0. The van der Waals surface area contributed by atoms with Gasteiger partial charge in [0.2, 0.25) is 0 Å². The predicted octanol–water partition coefficient (Wildman–Crippen LogP) is 1.95. The van der Waals surface area contributed by atoms with Crippen molar-refractivity contribution < 1.29 is 9.90 Å². The first-order valence-corrected chi connectivity index (χ1v) is 6.08. The van der Waals surface area contributed by atoms with Crippen LogP contribution in [-0.2, 0) is 0 Å². The number of aliphatic hydroxyl groups excluding tert-OH is 1. The second-order valence-corrected chi connectivity index (χ2v) is 4.44. The van der Waals surface area contributed by atoms with E-state index in [0.29, 0.717) is 18.7 Å². The fourth-order valence-electron chi connectivity index (χ4n) is 1.42. The van der Waals surface area contributed by atoms with Gasteiger partial charge in [-0.1, -0.05) is 35.0 Å². The Morgan fingerprint density at radius 2 is 2.00 bits per heavy atom. The third-order valence-corrected chi connectivity index (χ3v) is 2.93. The van der Waals surface area contributed by atoms with Gasteiger partial charge in [-0.05, 0) is 18.7 Å². The summed E-state index contributed by atoms with van der Waals surface area (Å²) in [6, 6.07) is 7.32. The monoisotopic (exact) mass is 285 g/mol. The van der Waals surface area contributed by atoms with Crippen molar-refractivity contribution in [2.24, 2.45) is 0 Å². The van der Waals surface area contributed by atoms with E-state index < -0.39 is 0 Å². The molecule has 0 aliphatic heterocycles. The van der Waals surface area contributed by atoms with E-state index in [1.165, 1.54) is 0 Å². The molecule has 0 aliphatic carbocycles. The highest BCUT2D eigenvalue weighted by atomic mass is 79.9. The third-order valence-electron chi connectivity index (χ3n) is 2.40. The number of nitrogens with zero attached hydrogens (tertiary/aromatic N) is 1. The summed E-state index contributed by atoms with van der Waals surface area (Å²) in [6.45, 7) is 3.73. The molecule has 0 saturated heterocycles. The molecule has 1 rings (SSSR count). The van der Waals surface area contributed by atoms with Crippen LogP contribution in [0.5, 0.6) is 0 Å². The summed E-state index contributed by atoms with van der Waals surface area (Å²) in [7, 11) is 0. The smallest absolute Gasteiger partial charge is 0.176 e. The molecule has 0 atom stereocenters. The predicted molar refractivity (Wildman–Crippen MR) is 67.7 cm³/mol. The molecule has 0 spiro atoms. The average molecular weight is 286 g/mol. The summed E-state index contributed by atoms with van der Waals surface area (Å²) >= 11 is 3.33. The quantitative estimate of drug-likeness (QED) is 0.813. The lowest BCUT2D eigenvalue weighted by Crippen LogP contribution is -2.32. The van der Waals surface area contributed by atoms with Gasteiger partial charge < -0.3 is 5.11 Å². The van der Waals surface area contributed by atoms with Crippen LogP contribution in [0.25, 0.3) is 0 Å². The molecule has 0 aliphatic rings. The van der Waals surface area contributed by atoms with Gasteiger partial charge in [0.1, 0.15) is 0 Å². The lowest BCUT2D eigenvalue weighted by Gasteiger charge is -2.17. The first kappa shape index (κ1) is 13.4. The minimum atomic E-state index is 0.0848. The molecule has 1 N–H and O–H groups in total. The van der Waals surface area contributed by atoms with Crippen LogP contribution >= 0.6 is 15.9 Å². The van der Waals surface area contributed by atoms with Gasteiger partial charge >= 0.3 is 0 Å². The van der Waals surface area contributed by atoms with Gasteiger partial charge in [0.15, 0.2) is 5.78 Å². The Morgan fingerprint density at radius 1 is 1.38 bits per heavy atom. The number of halogens is 1. The Balaban J connectivity index is 2.60. The van der Waals surface area contributed by atoms with Gasteiger partial charge in [-0.2, -0.15) is 0 Å². The van der Waals surface area contributed by atoms with Crippen LogP contribution in [0.3, 0.4) is 0 Å². The van der Waals surface area contributed by atoms with Crippen LogP contribution in [0.15, 0.2) is 28.7 Å². The molecule has 88 valence electrons. The summed E-state index contributed by atoms with van der Waals surface area (Å²) < 4.78 is 0.965. The topological polar surface area (TPSA) is 40.5 Å². The van der Waals surface area contributed by atoms with E-state index in [2.05, 4.69) is 15.9 Å². The molecule has 0 saturated carbocycles. The first-order valence-electron chi connectivity index (χ1n) is 5.29. The first-order chi connectivity index (χ1) is 7.67. The van der Waals surface area contributed by atoms with Crippen molar-refractivity contribution in [2.45, 2.75) is 6.92 Å². The van der Waals surface area contributed by atoms with Crippen molar-refractivity contribution >= 4 is 21.7 Å². The Kier molecular flexibility index (Phi) is 5.66. The maximum Gasteiger partial charge on any atom is 0.176 e. The highest BCUT2D eigenvalue weighted by Crippen LogP contribution is 2.11. The van der Waals surface area contributed by atoms with Crippen LogP contribution in [0, 0.1) is 0 Å². The fraction of sp³-hybridized carbons (Fsp3) is 0.417. The fourth-order valence-corrected chi connectivity index (χ4v) is 1.68. The van der Waals surface area contributed by atoms with Gasteiger partial charge in [-0.3, -0.25) is 9.69 Å². The maximum absolute atomic E-state index is 11.9. The number of carbonyl (C=O) groups excluding carboxylic acids is 1. The van der Waals surface area contributed by atoms with Crippen molar-refractivity contribution in [1.82, 2.24) is 4.90 Å². The van der Waals surface area contributed by atoms with E-state index in [1.807, 2.05) is 24.0 Å². The van der Waals surface area contributed by atoms with E-state index in [4.69, 9.17) is 5.11 Å². The highest BCUT2D eigenvalue weighted by Gasteiger charge is 2.10. The van der Waals surface area contributed by atoms with Crippen LogP contribution in [-0.4, -0.2) is 42.0 Å². The summed E-state index contributed by atoms with van der Waals surface area (Å²) in [5, 5.41) is 8.83. The van der Waals surface area contributed by atoms with Crippen LogP contribution in [0.1, 0.15) is 17.3 Å². The normalized spacial score (nSPS) is 10.8. The lowest BCUT2D eigenvalue weighted by molar-refractivity contribution is 0.0919. The number of benzene rings is 1. The molecule has 0 heterocycles. The van der Waals surface area contributed by atoms with E-state index in [-0.39, 0.29) is 12.4 Å². The molecule has 0 amide bonds. The highest BCUT2D eigenvalue weighted by molar-refractivity contribution is 9.10. The number of rotatable bonds is 6. The average Bonchev–Trinajstić information content (AvgIpc) is 2.29. The number of likely N-dealkylation sites (N-methyl/N-ethyl adjacent to an activating group) is 1. The molecule has 16 heavy (non-hydrogen) atoms. The van der Waals surface area contributed by atoms with Crippen molar-refractivity contribution in [3.63, 3.8) is 0 Å². The maximum atomic E-state index is 11.9. The minimum Gasteiger partial charge on any atom is -0.395 e. The molecule has 4 heteroatoms. The number of hydrogen-bond acceptors (Lipinski definition) is 3. The van der Waals surface area contributed by atoms with E-state index in [9.17, 15) is 4.79 Å². The molecule has 0 aromatic heterocycles. The van der Waals surface area contributed by atoms with E-state index >= 15 is 0 Å². The molecule has 0 fully saturated rings.